The van der Waals surface area contributed by atoms with Gasteiger partial charge < -0.3 is 0 Å². The van der Waals surface area contributed by atoms with Crippen molar-refractivity contribution >= 4 is 0 Å². The molecule has 2 heteroatoms. The summed E-state index contributed by atoms with van der Waals surface area (Å²) in [5.74, 6) is 0. The molecule has 1 aromatic rings. The van der Waals surface area contributed by atoms with Crippen molar-refractivity contribution < 1.29 is 11.4 Å². The number of hydrogen-bond acceptors (Lipinski definition) is 0. The van der Waals surface area contributed by atoms with Crippen molar-refractivity contribution in [3.05, 3.63) is 18.7 Å². The highest BCUT2D eigenvalue weighted by Gasteiger charge is 1.92. The maximum Gasteiger partial charge on any atom is 0.243 e. The molecule has 0 bridgehead atoms. The smallest absolute Gasteiger partial charge is 0.240 e. The zero-order valence-electron chi connectivity index (χ0n) is 9.63. The van der Waals surface area contributed by atoms with Gasteiger partial charge in [-0.05, 0) is 6.85 Å². The highest BCUT2D eigenvalue weighted by molar-refractivity contribution is 4.61. The van der Waals surface area contributed by atoms with Gasteiger partial charge in [-0.2, -0.15) is 0 Å². The molecule has 0 unspecified atom stereocenters. The zero-order valence-corrected chi connectivity index (χ0v) is 4.63. The maximum atomic E-state index is 7.39. The largest absolute Gasteiger partial charge is 0.243 e. The minimum Gasteiger partial charge on any atom is -0.240 e. The summed E-state index contributed by atoms with van der Waals surface area (Å²) < 4.78 is 38.4. The molecule has 0 saturated carbocycles. The van der Waals surface area contributed by atoms with Crippen LogP contribution in [0.25, 0.3) is 0 Å². The second-order valence-corrected chi connectivity index (χ2v) is 1.60. The van der Waals surface area contributed by atoms with Crippen LogP contribution in [-0.4, -0.2) is 4.57 Å². The van der Waals surface area contributed by atoms with E-state index in [-0.39, 0.29) is 0 Å². The molecular weight excluding hydrogens is 100 g/mol. The number of imidazole rings is 1. The van der Waals surface area contributed by atoms with Crippen molar-refractivity contribution in [2.45, 2.75) is 13.3 Å². The molecule has 0 fully saturated rings. The second-order valence-electron chi connectivity index (χ2n) is 1.60. The van der Waals surface area contributed by atoms with E-state index in [1.165, 1.54) is 12.5 Å². The van der Waals surface area contributed by atoms with Crippen LogP contribution in [0.4, 0.5) is 0 Å². The Morgan fingerprint density at radius 2 is 2.88 bits per heavy atom. The zero-order chi connectivity index (χ0) is 10.3. The van der Waals surface area contributed by atoms with Crippen LogP contribution in [0.5, 0.6) is 0 Å². The lowest BCUT2D eigenvalue weighted by Crippen LogP contribution is -2.28. The van der Waals surface area contributed by atoms with E-state index in [9.17, 15) is 0 Å². The molecule has 0 aliphatic heterocycles. The van der Waals surface area contributed by atoms with Crippen molar-refractivity contribution in [2.75, 3.05) is 0 Å². The van der Waals surface area contributed by atoms with Gasteiger partial charge in [-0.15, -0.1) is 0 Å². The third-order valence-electron chi connectivity index (χ3n) is 0.898. The molecule has 0 saturated heterocycles. The summed E-state index contributed by atoms with van der Waals surface area (Å²) in [5.41, 5.74) is 0. The summed E-state index contributed by atoms with van der Waals surface area (Å²) in [6.07, 6.45) is 4.38. The molecular formula is C6H11N2+. The first-order chi connectivity index (χ1) is 5.75. The molecule has 8 heavy (non-hydrogen) atoms. The molecule has 0 aliphatic carbocycles. The van der Waals surface area contributed by atoms with Gasteiger partial charge in [0.2, 0.25) is 6.33 Å². The Kier molecular flexibility index (Phi) is 0.463. The van der Waals surface area contributed by atoms with E-state index in [1.54, 1.807) is 17.8 Å². The fourth-order valence-corrected chi connectivity index (χ4v) is 0.516. The highest BCUT2D eigenvalue weighted by atomic mass is 15.1. The van der Waals surface area contributed by atoms with E-state index in [0.29, 0.717) is 0 Å². The third kappa shape index (κ3) is 0.886. The Hall–Kier alpha value is -0.790. The number of aryl methyl sites for hydroxylation is 2. The Morgan fingerprint density at radius 3 is 3.38 bits per heavy atom. The van der Waals surface area contributed by atoms with Gasteiger partial charge in [-0.1, -0.05) is 0 Å². The summed E-state index contributed by atoms with van der Waals surface area (Å²) >= 11 is 0. The lowest BCUT2D eigenvalue weighted by atomic mass is 10.7. The molecule has 44 valence electrons. The van der Waals surface area contributed by atoms with E-state index in [1.807, 2.05) is 0 Å². The first-order valence-electron chi connectivity index (χ1n) is 4.79. The van der Waals surface area contributed by atoms with Crippen LogP contribution >= 0.6 is 0 Å². The van der Waals surface area contributed by atoms with Crippen LogP contribution in [0.15, 0.2) is 18.7 Å². The predicted octanol–water partition coefficient (Wildman–Crippen LogP) is 0.333. The number of aromatic nitrogens is 2. The fraction of sp³-hybridized carbons (Fsp3) is 0.500. The summed E-state index contributed by atoms with van der Waals surface area (Å²) in [6, 6.07) is 0. The second kappa shape index (κ2) is 1.99. The van der Waals surface area contributed by atoms with E-state index in [2.05, 4.69) is 0 Å². The van der Waals surface area contributed by atoms with E-state index >= 15 is 0 Å². The SMILES string of the molecule is [2H]C([2H])([2H])C([2H])([2H])[n+]1ccn(C)c1. The number of rotatable bonds is 1. The molecule has 0 aromatic carbocycles. The maximum absolute atomic E-state index is 7.39. The molecule has 0 amide bonds. The summed E-state index contributed by atoms with van der Waals surface area (Å²) in [5, 5.41) is 0. The Balaban J connectivity index is 3.07. The third-order valence-corrected chi connectivity index (χ3v) is 0.898. The van der Waals surface area contributed by atoms with Crippen LogP contribution in [0.2, 0.25) is 0 Å². The van der Waals surface area contributed by atoms with Crippen molar-refractivity contribution in [3.8, 4) is 0 Å². The minimum absolute atomic E-state index is 1.04. The van der Waals surface area contributed by atoms with Crippen molar-refractivity contribution in [1.29, 1.82) is 0 Å². The molecule has 1 heterocycles. The topological polar surface area (TPSA) is 8.81 Å². The first kappa shape index (κ1) is 1.87. The van der Waals surface area contributed by atoms with Gasteiger partial charge in [0, 0.05) is 4.11 Å². The molecule has 0 radical (unpaired) electrons. The Bertz CT molecular complexity index is 300. The lowest BCUT2D eigenvalue weighted by molar-refractivity contribution is -0.693. The van der Waals surface area contributed by atoms with Crippen LogP contribution in [-0.2, 0) is 13.5 Å². The molecule has 1 rings (SSSR count). The van der Waals surface area contributed by atoms with Crippen molar-refractivity contribution in [3.63, 3.8) is 0 Å². The Labute approximate surface area is 56.4 Å². The monoisotopic (exact) mass is 116 g/mol. The first-order valence-corrected chi connectivity index (χ1v) is 2.29. The van der Waals surface area contributed by atoms with Crippen molar-refractivity contribution in [2.24, 2.45) is 7.05 Å². The predicted molar refractivity (Wildman–Crippen MR) is 31.3 cm³/mol. The van der Waals surface area contributed by atoms with Crippen LogP contribution in [0, 0.1) is 0 Å². The van der Waals surface area contributed by atoms with Gasteiger partial charge in [0.1, 0.15) is 12.4 Å². The molecule has 2 nitrogen and oxygen atoms in total. The van der Waals surface area contributed by atoms with Crippen LogP contribution in [0.3, 0.4) is 0 Å². The minimum atomic E-state index is -2.65. The van der Waals surface area contributed by atoms with Gasteiger partial charge in [0.15, 0.2) is 0 Å². The normalized spacial score (nSPS) is 22.4. The Morgan fingerprint density at radius 1 is 2.00 bits per heavy atom. The van der Waals surface area contributed by atoms with Crippen LogP contribution < -0.4 is 4.57 Å². The van der Waals surface area contributed by atoms with Gasteiger partial charge in [0.25, 0.3) is 0 Å². The van der Waals surface area contributed by atoms with Gasteiger partial charge in [-0.25, -0.2) is 9.13 Å². The average Bonchev–Trinajstić information content (AvgIpc) is 2.33. The molecule has 0 N–H and O–H groups in total. The molecule has 0 spiro atoms. The molecule has 0 aliphatic rings. The van der Waals surface area contributed by atoms with Gasteiger partial charge in [-0.3, -0.25) is 0 Å². The fourth-order valence-electron chi connectivity index (χ4n) is 0.516. The lowest BCUT2D eigenvalue weighted by Gasteiger charge is -1.81. The van der Waals surface area contributed by atoms with Gasteiger partial charge >= 0.3 is 0 Å². The molecule has 1 aromatic heterocycles. The van der Waals surface area contributed by atoms with E-state index < -0.39 is 13.3 Å². The number of hydrogen-bond donors (Lipinski definition) is 0. The van der Waals surface area contributed by atoms with Gasteiger partial charge in [0.05, 0.1) is 16.3 Å². The van der Waals surface area contributed by atoms with Crippen molar-refractivity contribution in [1.82, 2.24) is 4.57 Å². The van der Waals surface area contributed by atoms with E-state index in [4.69, 9.17) is 6.85 Å². The van der Waals surface area contributed by atoms with E-state index in [0.717, 1.165) is 4.57 Å². The summed E-state index contributed by atoms with van der Waals surface area (Å²) in [4.78, 5) is 0. The average molecular weight is 116 g/mol. The summed E-state index contributed by atoms with van der Waals surface area (Å²) in [6.45, 7) is -5.01. The van der Waals surface area contributed by atoms with Crippen LogP contribution in [0.1, 0.15) is 13.7 Å². The standard InChI is InChI=1S/C6H11N2/c1-3-8-5-4-7(2)6-8/h4-6H,3H2,1-2H3/q+1/i1D3,3D2. The quantitative estimate of drug-likeness (QED) is 0.468. The molecule has 0 atom stereocenters. The number of nitrogens with zero attached hydrogens (tertiary/aromatic N) is 2. The highest BCUT2D eigenvalue weighted by Crippen LogP contribution is 1.74. The summed E-state index contributed by atoms with van der Waals surface area (Å²) in [7, 11) is 1.70.